The second kappa shape index (κ2) is 8.11. The second-order valence-electron chi connectivity index (χ2n) is 6.99. The minimum atomic E-state index is -0.233. The molecule has 0 saturated carbocycles. The zero-order valence-electron chi connectivity index (χ0n) is 16.7. The Bertz CT molecular complexity index is 1150. The lowest BCUT2D eigenvalue weighted by atomic mass is 9.97. The maximum atomic E-state index is 10.6. The Balaban J connectivity index is 1.80. The summed E-state index contributed by atoms with van der Waals surface area (Å²) in [7, 11) is 3.31. The molecular formula is C23H23N3O3. The summed E-state index contributed by atoms with van der Waals surface area (Å²) >= 11 is 0. The van der Waals surface area contributed by atoms with Crippen molar-refractivity contribution < 1.29 is 14.6 Å². The van der Waals surface area contributed by atoms with Crippen LogP contribution in [0.2, 0.25) is 0 Å². The van der Waals surface area contributed by atoms with Gasteiger partial charge in [-0.3, -0.25) is 9.97 Å². The highest BCUT2D eigenvalue weighted by Gasteiger charge is 2.22. The van der Waals surface area contributed by atoms with E-state index in [-0.39, 0.29) is 18.1 Å². The maximum absolute atomic E-state index is 10.6. The Morgan fingerprint density at radius 1 is 0.931 bits per heavy atom. The predicted molar refractivity (Wildman–Crippen MR) is 111 cm³/mol. The molecule has 6 heteroatoms. The summed E-state index contributed by atoms with van der Waals surface area (Å²) in [5, 5.41) is 12.5. The van der Waals surface area contributed by atoms with Crippen LogP contribution in [0.15, 0.2) is 42.7 Å². The number of fused-ring (bicyclic) bond motifs is 1. The van der Waals surface area contributed by atoms with Gasteiger partial charge in [0, 0.05) is 60.8 Å². The van der Waals surface area contributed by atoms with Crippen molar-refractivity contribution >= 4 is 12.2 Å². The van der Waals surface area contributed by atoms with Crippen molar-refractivity contribution in [3.8, 4) is 17.1 Å². The molecule has 1 aliphatic carbocycles. The van der Waals surface area contributed by atoms with Crippen LogP contribution in [0, 0.1) is 6.92 Å². The van der Waals surface area contributed by atoms with Gasteiger partial charge in [-0.2, -0.15) is 0 Å². The summed E-state index contributed by atoms with van der Waals surface area (Å²) in [4.78, 5) is 13.2. The lowest BCUT2D eigenvalue weighted by Gasteiger charge is -2.23. The molecule has 0 bridgehead atoms. The molecule has 0 spiro atoms. The van der Waals surface area contributed by atoms with Crippen LogP contribution in [0.3, 0.4) is 0 Å². The third-order valence-electron chi connectivity index (χ3n) is 5.22. The highest BCUT2D eigenvalue weighted by Crippen LogP contribution is 2.19. The quantitative estimate of drug-likeness (QED) is 0.716. The molecule has 29 heavy (non-hydrogen) atoms. The number of aryl methyl sites for hydroxylation is 1. The Kier molecular flexibility index (Phi) is 5.38. The summed E-state index contributed by atoms with van der Waals surface area (Å²) in [5.41, 5.74) is 4.20. The molecule has 0 aliphatic heterocycles. The smallest absolute Gasteiger partial charge is 0.215 e. The minimum absolute atomic E-state index is 0.0211. The minimum Gasteiger partial charge on any atom is -0.493 e. The first-order valence-electron chi connectivity index (χ1n) is 9.44. The number of methoxy groups -OCH3 is 2. The monoisotopic (exact) mass is 389 g/mol. The summed E-state index contributed by atoms with van der Waals surface area (Å²) in [5.74, 6) is 0.0211. The van der Waals surface area contributed by atoms with Crippen molar-refractivity contribution in [3.05, 3.63) is 70.1 Å². The molecule has 6 nitrogen and oxygen atoms in total. The summed E-state index contributed by atoms with van der Waals surface area (Å²) in [6.07, 6.45) is 7.53. The lowest BCUT2D eigenvalue weighted by molar-refractivity contribution is 0.0304. The molecule has 4 rings (SSSR count). The lowest BCUT2D eigenvalue weighted by Crippen LogP contribution is -2.43. The number of nitrogens with zero attached hydrogens (tertiary/aromatic N) is 3. The number of hydrogen-bond acceptors (Lipinski definition) is 6. The summed E-state index contributed by atoms with van der Waals surface area (Å²) in [6.45, 7) is 1.88. The van der Waals surface area contributed by atoms with Crippen molar-refractivity contribution in [2.24, 2.45) is 0 Å². The van der Waals surface area contributed by atoms with E-state index in [2.05, 4.69) is 9.97 Å². The van der Waals surface area contributed by atoms with Crippen LogP contribution in [0.25, 0.3) is 23.4 Å². The van der Waals surface area contributed by atoms with Gasteiger partial charge < -0.3 is 14.6 Å². The van der Waals surface area contributed by atoms with Crippen LogP contribution in [0.1, 0.15) is 17.0 Å². The van der Waals surface area contributed by atoms with Gasteiger partial charge in [0.05, 0.1) is 5.69 Å². The molecule has 0 fully saturated rings. The molecule has 3 aromatic heterocycles. The van der Waals surface area contributed by atoms with Gasteiger partial charge in [0.15, 0.2) is 0 Å². The number of aromatic hydroxyl groups is 1. The third-order valence-corrected chi connectivity index (χ3v) is 5.22. The van der Waals surface area contributed by atoms with Crippen LogP contribution in [-0.4, -0.2) is 46.5 Å². The Morgan fingerprint density at radius 3 is 2.31 bits per heavy atom. The molecular weight excluding hydrogens is 366 g/mol. The fourth-order valence-corrected chi connectivity index (χ4v) is 3.70. The molecule has 3 aromatic rings. The molecule has 2 atom stereocenters. The van der Waals surface area contributed by atoms with Crippen molar-refractivity contribution in [2.45, 2.75) is 25.6 Å². The summed E-state index contributed by atoms with van der Waals surface area (Å²) in [6, 6.07) is 9.74. The normalized spacial score (nSPS) is 17.9. The van der Waals surface area contributed by atoms with Gasteiger partial charge in [-0.15, -0.1) is 0 Å². The number of aromatic nitrogens is 3. The number of hydrogen-bond donors (Lipinski definition) is 1. The third kappa shape index (κ3) is 3.77. The fraction of sp³-hybridized carbons (Fsp3) is 0.261. The van der Waals surface area contributed by atoms with Crippen LogP contribution >= 0.6 is 0 Å². The highest BCUT2D eigenvalue weighted by molar-refractivity contribution is 5.58. The van der Waals surface area contributed by atoms with Crippen molar-refractivity contribution in [1.29, 1.82) is 0 Å². The van der Waals surface area contributed by atoms with Crippen LogP contribution in [0.5, 0.6) is 5.88 Å². The van der Waals surface area contributed by atoms with Gasteiger partial charge in [0.2, 0.25) is 5.88 Å². The van der Waals surface area contributed by atoms with Gasteiger partial charge in [-0.1, -0.05) is 6.07 Å². The van der Waals surface area contributed by atoms with E-state index in [1.54, 1.807) is 26.6 Å². The Morgan fingerprint density at radius 2 is 1.62 bits per heavy atom. The van der Waals surface area contributed by atoms with E-state index in [0.29, 0.717) is 6.42 Å². The predicted octanol–water partition coefficient (Wildman–Crippen LogP) is 1.75. The zero-order chi connectivity index (χ0) is 20.4. The van der Waals surface area contributed by atoms with Gasteiger partial charge in [0.1, 0.15) is 12.2 Å². The average molecular weight is 389 g/mol. The molecule has 0 aromatic carbocycles. The van der Waals surface area contributed by atoms with E-state index < -0.39 is 0 Å². The van der Waals surface area contributed by atoms with Gasteiger partial charge in [-0.25, -0.2) is 4.98 Å². The molecule has 148 valence electrons. The van der Waals surface area contributed by atoms with E-state index in [9.17, 15) is 5.11 Å². The summed E-state index contributed by atoms with van der Waals surface area (Å²) < 4.78 is 11.1. The van der Waals surface area contributed by atoms with E-state index >= 15 is 0 Å². The Hall–Kier alpha value is -3.09. The first-order chi connectivity index (χ1) is 14.1. The molecule has 1 N–H and O–H groups in total. The van der Waals surface area contributed by atoms with Crippen molar-refractivity contribution in [3.63, 3.8) is 0 Å². The molecule has 3 heterocycles. The van der Waals surface area contributed by atoms with E-state index in [1.165, 1.54) is 0 Å². The second-order valence-corrected chi connectivity index (χ2v) is 6.99. The number of pyridine rings is 3. The average Bonchev–Trinajstić information content (AvgIpc) is 2.76. The molecule has 2 unspecified atom stereocenters. The van der Waals surface area contributed by atoms with E-state index in [1.807, 2.05) is 49.4 Å². The highest BCUT2D eigenvalue weighted by atomic mass is 16.5. The molecule has 0 radical (unpaired) electrons. The molecule has 0 saturated heterocycles. The standard InChI is InChI=1S/C23H23N3O3/c1-14-17-12-21(28-2)22(29-3)13-18(17)19(23(27)25-14)11-16-5-4-6-20(26-16)15-7-9-24-10-8-15/h4-10,12-13,21-22,27H,11H2,1-3H3. The van der Waals surface area contributed by atoms with Crippen molar-refractivity contribution in [2.75, 3.05) is 14.2 Å². The molecule has 0 amide bonds. The first-order valence-corrected chi connectivity index (χ1v) is 9.44. The van der Waals surface area contributed by atoms with Gasteiger partial charge in [-0.05, 0) is 48.6 Å². The van der Waals surface area contributed by atoms with E-state index in [0.717, 1.165) is 38.6 Å². The number of rotatable bonds is 5. The maximum Gasteiger partial charge on any atom is 0.215 e. The largest absolute Gasteiger partial charge is 0.493 e. The first kappa shape index (κ1) is 19.2. The molecule has 1 aliphatic rings. The van der Waals surface area contributed by atoms with E-state index in [4.69, 9.17) is 14.5 Å². The number of ether oxygens (including phenoxy) is 2. The SMILES string of the molecule is COC1C=c2c(C)nc(O)c(Cc3cccc(-c4ccncc4)n3)c2=CC1OC. The fourth-order valence-electron chi connectivity index (χ4n) is 3.70. The van der Waals surface area contributed by atoms with Gasteiger partial charge in [0.25, 0.3) is 0 Å². The van der Waals surface area contributed by atoms with Gasteiger partial charge >= 0.3 is 0 Å². The van der Waals surface area contributed by atoms with Crippen molar-refractivity contribution in [1.82, 2.24) is 15.0 Å². The topological polar surface area (TPSA) is 77.4 Å². The zero-order valence-corrected chi connectivity index (χ0v) is 16.7. The van der Waals surface area contributed by atoms with Crippen LogP contribution < -0.4 is 10.4 Å². The Labute approximate surface area is 169 Å². The van der Waals surface area contributed by atoms with Crippen LogP contribution in [-0.2, 0) is 15.9 Å². The van der Waals surface area contributed by atoms with Crippen LogP contribution in [0.4, 0.5) is 0 Å².